The molecule has 0 bridgehead atoms. The van der Waals surface area contributed by atoms with E-state index >= 15 is 0 Å². The number of piperazine rings is 1. The van der Waals surface area contributed by atoms with Gasteiger partial charge in [-0.3, -0.25) is 14.9 Å². The molecule has 1 aliphatic rings. The molecule has 0 radical (unpaired) electrons. The molecule has 0 saturated carbocycles. The third-order valence-corrected chi connectivity index (χ3v) is 3.77. The van der Waals surface area contributed by atoms with Crippen LogP contribution in [0.25, 0.3) is 0 Å². The summed E-state index contributed by atoms with van der Waals surface area (Å²) in [5.74, 6) is -0.108. The number of carbonyl (C=O) groups excluding carboxylic acids is 1. The van der Waals surface area contributed by atoms with E-state index in [4.69, 9.17) is 10.5 Å². The maximum absolute atomic E-state index is 12.2. The Labute approximate surface area is 128 Å². The molecule has 1 aromatic carbocycles. The average Bonchev–Trinajstić information content (AvgIpc) is 2.56. The van der Waals surface area contributed by atoms with Crippen molar-refractivity contribution in [3.8, 4) is 0 Å². The van der Waals surface area contributed by atoms with Crippen molar-refractivity contribution in [1.29, 1.82) is 0 Å². The van der Waals surface area contributed by atoms with Crippen LogP contribution in [0.2, 0.25) is 0 Å². The summed E-state index contributed by atoms with van der Waals surface area (Å²) in [4.78, 5) is 26.3. The van der Waals surface area contributed by atoms with E-state index < -0.39 is 11.0 Å². The highest BCUT2D eigenvalue weighted by Gasteiger charge is 2.27. The van der Waals surface area contributed by atoms with E-state index in [2.05, 4.69) is 0 Å². The van der Waals surface area contributed by atoms with E-state index in [1.807, 2.05) is 11.0 Å². The molecule has 0 aliphatic carbocycles. The van der Waals surface area contributed by atoms with E-state index in [1.165, 1.54) is 13.2 Å². The first-order valence-corrected chi connectivity index (χ1v) is 7.08. The molecule has 1 saturated heterocycles. The number of ether oxygens (including phenoxy) is 1. The molecule has 1 heterocycles. The number of hydrogen-bond acceptors (Lipinski definition) is 6. The van der Waals surface area contributed by atoms with Crippen LogP contribution >= 0.6 is 0 Å². The van der Waals surface area contributed by atoms with Crippen molar-refractivity contribution in [2.45, 2.75) is 6.10 Å². The monoisotopic (exact) mass is 308 g/mol. The van der Waals surface area contributed by atoms with Crippen LogP contribution in [0.4, 0.5) is 11.4 Å². The predicted octanol–water partition coefficient (Wildman–Crippen LogP) is 0.217. The Morgan fingerprint density at radius 2 is 2.09 bits per heavy atom. The Morgan fingerprint density at radius 3 is 2.64 bits per heavy atom. The lowest BCUT2D eigenvalue weighted by Crippen LogP contribution is -2.53. The number of amides is 1. The van der Waals surface area contributed by atoms with Crippen molar-refractivity contribution < 1.29 is 14.5 Å². The minimum absolute atomic E-state index is 0.0681. The largest absolute Gasteiger partial charge is 0.370 e. The van der Waals surface area contributed by atoms with Crippen molar-refractivity contribution in [3.05, 3.63) is 34.4 Å². The maximum atomic E-state index is 12.2. The van der Waals surface area contributed by atoms with Crippen molar-refractivity contribution in [1.82, 2.24) is 4.90 Å². The Morgan fingerprint density at radius 1 is 1.41 bits per heavy atom. The maximum Gasteiger partial charge on any atom is 0.271 e. The molecule has 1 aliphatic heterocycles. The van der Waals surface area contributed by atoms with E-state index in [1.54, 1.807) is 17.0 Å². The summed E-state index contributed by atoms with van der Waals surface area (Å²) in [5, 5.41) is 10.8. The topological polar surface area (TPSA) is 102 Å². The zero-order valence-electron chi connectivity index (χ0n) is 12.5. The van der Waals surface area contributed by atoms with Gasteiger partial charge in [-0.1, -0.05) is 6.07 Å². The summed E-state index contributed by atoms with van der Waals surface area (Å²) in [6.45, 7) is 2.48. The third kappa shape index (κ3) is 3.52. The van der Waals surface area contributed by atoms with Gasteiger partial charge in [0.15, 0.2) is 0 Å². The lowest BCUT2D eigenvalue weighted by molar-refractivity contribution is -0.384. The van der Waals surface area contributed by atoms with Crippen molar-refractivity contribution >= 4 is 17.3 Å². The number of nitro groups is 1. The third-order valence-electron chi connectivity index (χ3n) is 3.77. The fourth-order valence-electron chi connectivity index (χ4n) is 2.49. The lowest BCUT2D eigenvalue weighted by atomic mass is 10.2. The van der Waals surface area contributed by atoms with Crippen LogP contribution < -0.4 is 10.6 Å². The van der Waals surface area contributed by atoms with Crippen LogP contribution in [0.3, 0.4) is 0 Å². The number of benzene rings is 1. The van der Waals surface area contributed by atoms with Gasteiger partial charge in [0.25, 0.3) is 11.6 Å². The molecule has 0 aromatic heterocycles. The number of methoxy groups -OCH3 is 1. The minimum atomic E-state index is -0.607. The van der Waals surface area contributed by atoms with E-state index in [9.17, 15) is 14.9 Å². The molecule has 2 N–H and O–H groups in total. The van der Waals surface area contributed by atoms with Crippen molar-refractivity contribution in [2.75, 3.05) is 44.7 Å². The molecule has 1 fully saturated rings. The number of anilines is 1. The van der Waals surface area contributed by atoms with Gasteiger partial charge in [-0.15, -0.1) is 0 Å². The summed E-state index contributed by atoms with van der Waals surface area (Å²) >= 11 is 0. The first-order chi connectivity index (χ1) is 10.6. The van der Waals surface area contributed by atoms with Crippen LogP contribution in [0.5, 0.6) is 0 Å². The SMILES string of the molecule is COC(CN)C(=O)N1CCN(c2cccc([N+](=O)[O-])c2)CC1. The Kier molecular flexibility index (Phi) is 5.29. The smallest absolute Gasteiger partial charge is 0.271 e. The molecule has 1 aromatic rings. The fourth-order valence-corrected chi connectivity index (χ4v) is 2.49. The molecule has 2 rings (SSSR count). The number of nitro benzene ring substituents is 1. The van der Waals surface area contributed by atoms with E-state index in [0.29, 0.717) is 26.2 Å². The average molecular weight is 308 g/mol. The zero-order valence-corrected chi connectivity index (χ0v) is 12.5. The number of non-ortho nitro benzene ring substituents is 1. The molecule has 1 amide bonds. The Balaban J connectivity index is 1.99. The molecule has 1 atom stereocenters. The summed E-state index contributed by atoms with van der Waals surface area (Å²) in [7, 11) is 1.47. The predicted molar refractivity (Wildman–Crippen MR) is 81.7 cm³/mol. The van der Waals surface area contributed by atoms with Crippen LogP contribution in [0, 0.1) is 10.1 Å². The Bertz CT molecular complexity index is 539. The van der Waals surface area contributed by atoms with Gasteiger partial charge in [-0.2, -0.15) is 0 Å². The number of carbonyl (C=O) groups is 1. The van der Waals surface area contributed by atoms with Crippen LogP contribution in [0.1, 0.15) is 0 Å². The highest BCUT2D eigenvalue weighted by Crippen LogP contribution is 2.22. The van der Waals surface area contributed by atoms with E-state index in [0.717, 1.165) is 5.69 Å². The highest BCUT2D eigenvalue weighted by molar-refractivity contribution is 5.81. The molecule has 22 heavy (non-hydrogen) atoms. The summed E-state index contributed by atoms with van der Waals surface area (Å²) in [6, 6.07) is 6.52. The van der Waals surface area contributed by atoms with Gasteiger partial charge >= 0.3 is 0 Å². The molecule has 1 unspecified atom stereocenters. The second-order valence-electron chi connectivity index (χ2n) is 5.05. The number of nitrogens with zero attached hydrogens (tertiary/aromatic N) is 3. The van der Waals surface area contributed by atoms with Gasteiger partial charge in [0.2, 0.25) is 0 Å². The molecular weight excluding hydrogens is 288 g/mol. The quantitative estimate of drug-likeness (QED) is 0.616. The number of nitrogens with two attached hydrogens (primary N) is 1. The number of hydrogen-bond donors (Lipinski definition) is 1. The van der Waals surface area contributed by atoms with Gasteiger partial charge in [0.1, 0.15) is 6.10 Å². The summed E-state index contributed by atoms with van der Waals surface area (Å²) in [6.07, 6.45) is -0.607. The second kappa shape index (κ2) is 7.19. The first kappa shape index (κ1) is 16.2. The Hall–Kier alpha value is -2.19. The normalized spacial score (nSPS) is 16.5. The zero-order chi connectivity index (χ0) is 16.1. The molecular formula is C14H20N4O4. The summed E-state index contributed by atoms with van der Waals surface area (Å²) < 4.78 is 5.06. The molecule has 8 heteroatoms. The fraction of sp³-hybridized carbons (Fsp3) is 0.500. The van der Waals surface area contributed by atoms with Gasteiger partial charge in [0.05, 0.1) is 4.92 Å². The van der Waals surface area contributed by atoms with E-state index in [-0.39, 0.29) is 18.1 Å². The van der Waals surface area contributed by atoms with Crippen LogP contribution in [-0.4, -0.2) is 61.7 Å². The standard InChI is InChI=1S/C14H20N4O4/c1-22-13(10-15)14(19)17-7-5-16(6-8-17)11-3-2-4-12(9-11)18(20)21/h2-4,9,13H,5-8,10,15H2,1H3. The second-order valence-corrected chi connectivity index (χ2v) is 5.05. The van der Waals surface area contributed by atoms with Gasteiger partial charge in [-0.25, -0.2) is 0 Å². The lowest BCUT2D eigenvalue weighted by Gasteiger charge is -2.37. The first-order valence-electron chi connectivity index (χ1n) is 7.08. The van der Waals surface area contributed by atoms with Crippen molar-refractivity contribution in [2.24, 2.45) is 5.73 Å². The van der Waals surface area contributed by atoms with Crippen LogP contribution in [0.15, 0.2) is 24.3 Å². The molecule has 8 nitrogen and oxygen atoms in total. The number of rotatable bonds is 5. The molecule has 120 valence electrons. The van der Waals surface area contributed by atoms with Crippen molar-refractivity contribution in [3.63, 3.8) is 0 Å². The van der Waals surface area contributed by atoms with Crippen LogP contribution in [-0.2, 0) is 9.53 Å². The van der Waals surface area contributed by atoms with Gasteiger partial charge < -0.3 is 20.3 Å². The highest BCUT2D eigenvalue weighted by atomic mass is 16.6. The van der Waals surface area contributed by atoms with Gasteiger partial charge in [0, 0.05) is 57.7 Å². The molecule has 0 spiro atoms. The summed E-state index contributed by atoms with van der Waals surface area (Å²) in [5.41, 5.74) is 6.37. The minimum Gasteiger partial charge on any atom is -0.370 e. The van der Waals surface area contributed by atoms with Gasteiger partial charge in [-0.05, 0) is 6.07 Å².